The molecule has 0 fully saturated rings. The molecule has 1 aromatic carbocycles. The molecule has 0 aromatic heterocycles. The monoisotopic (exact) mass is 227 g/mol. The van der Waals surface area contributed by atoms with Crippen LogP contribution >= 0.6 is 0 Å². The van der Waals surface area contributed by atoms with E-state index < -0.39 is 12.1 Å². The molecule has 0 bridgehead atoms. The molecule has 1 unspecified atom stereocenters. The largest absolute Gasteiger partial charge is 0.481 e. The van der Waals surface area contributed by atoms with Crippen LogP contribution in [0.5, 0.6) is 0 Å². The number of hydrogen-bond donors (Lipinski definition) is 3. The van der Waals surface area contributed by atoms with Crippen molar-refractivity contribution < 1.29 is 19.4 Å². The van der Waals surface area contributed by atoms with Gasteiger partial charge in [-0.2, -0.15) is 0 Å². The molecule has 1 rings (SSSR count). The van der Waals surface area contributed by atoms with Crippen LogP contribution < -0.4 is 5.32 Å². The van der Waals surface area contributed by atoms with Crippen molar-refractivity contribution in [2.75, 3.05) is 11.9 Å². The zero-order chi connectivity index (χ0) is 12.1. The van der Waals surface area contributed by atoms with Crippen LogP contribution in [-0.4, -0.2) is 28.8 Å². The summed E-state index contributed by atoms with van der Waals surface area (Å²) in [5.41, 5.74) is 1.40. The summed E-state index contributed by atoms with van der Waals surface area (Å²) in [7, 11) is 0. The molecule has 0 saturated heterocycles. The van der Waals surface area contributed by atoms with E-state index in [1.54, 1.807) is 13.0 Å². The number of aliphatic hydroxyl groups is 1. The number of aliphatic carboxylic acids is 1. The van der Waals surface area contributed by atoms with E-state index in [0.717, 1.165) is 5.56 Å². The number of carbonyl (C=O) groups is 1. The van der Waals surface area contributed by atoms with Crippen molar-refractivity contribution in [1.82, 2.24) is 0 Å². The molecule has 88 valence electrons. The summed E-state index contributed by atoms with van der Waals surface area (Å²) in [6.07, 6.45) is -1.32. The van der Waals surface area contributed by atoms with Crippen LogP contribution in [0.1, 0.15) is 12.0 Å². The Kier molecular flexibility index (Phi) is 4.25. The van der Waals surface area contributed by atoms with Crippen molar-refractivity contribution in [2.45, 2.75) is 19.4 Å². The minimum atomic E-state index is -1.06. The standard InChI is InChI=1S/C11H14FNO3/c1-7-2-3-8(12)4-10(7)13-6-9(14)5-11(15)16/h2-4,9,13-14H,5-6H2,1H3,(H,15,16). The SMILES string of the molecule is Cc1ccc(F)cc1NCC(O)CC(=O)O. The van der Waals surface area contributed by atoms with Crippen LogP contribution in [0.2, 0.25) is 0 Å². The minimum absolute atomic E-state index is 0.0800. The first kappa shape index (κ1) is 12.4. The Morgan fingerprint density at radius 2 is 2.25 bits per heavy atom. The zero-order valence-corrected chi connectivity index (χ0v) is 8.90. The lowest BCUT2D eigenvalue weighted by Crippen LogP contribution is -2.22. The quantitative estimate of drug-likeness (QED) is 0.710. The normalized spacial score (nSPS) is 12.2. The summed E-state index contributed by atoms with van der Waals surface area (Å²) in [4.78, 5) is 10.3. The summed E-state index contributed by atoms with van der Waals surface area (Å²) in [6, 6.07) is 4.26. The van der Waals surface area contributed by atoms with Gasteiger partial charge in [0.25, 0.3) is 0 Å². The third-order valence-electron chi connectivity index (χ3n) is 2.14. The third-order valence-corrected chi connectivity index (χ3v) is 2.14. The summed E-state index contributed by atoms with van der Waals surface area (Å²) in [6.45, 7) is 1.88. The molecule has 0 aliphatic carbocycles. The predicted molar refractivity (Wildman–Crippen MR) is 57.9 cm³/mol. The van der Waals surface area contributed by atoms with E-state index in [-0.39, 0.29) is 18.8 Å². The Balaban J connectivity index is 2.54. The van der Waals surface area contributed by atoms with Crippen molar-refractivity contribution in [2.24, 2.45) is 0 Å². The van der Waals surface area contributed by atoms with Crippen molar-refractivity contribution in [1.29, 1.82) is 0 Å². The number of aryl methyl sites for hydroxylation is 1. The number of hydrogen-bond acceptors (Lipinski definition) is 3. The van der Waals surface area contributed by atoms with Gasteiger partial charge in [-0.1, -0.05) is 6.07 Å². The first-order valence-electron chi connectivity index (χ1n) is 4.89. The second-order valence-electron chi connectivity index (χ2n) is 3.59. The highest BCUT2D eigenvalue weighted by molar-refractivity contribution is 5.67. The summed E-state index contributed by atoms with van der Waals surface area (Å²) >= 11 is 0. The lowest BCUT2D eigenvalue weighted by molar-refractivity contribution is -0.138. The molecule has 16 heavy (non-hydrogen) atoms. The molecule has 1 atom stereocenters. The molecule has 0 heterocycles. The number of carboxylic acid groups (broad SMARTS) is 1. The van der Waals surface area contributed by atoms with Gasteiger partial charge < -0.3 is 15.5 Å². The predicted octanol–water partition coefficient (Wildman–Crippen LogP) is 1.38. The van der Waals surface area contributed by atoms with E-state index in [1.165, 1.54) is 12.1 Å². The van der Waals surface area contributed by atoms with Crippen molar-refractivity contribution in [3.05, 3.63) is 29.6 Å². The Labute approximate surface area is 92.7 Å². The molecule has 1 aromatic rings. The number of nitrogens with one attached hydrogen (secondary N) is 1. The molecule has 0 amide bonds. The Morgan fingerprint density at radius 3 is 2.88 bits per heavy atom. The van der Waals surface area contributed by atoms with Crippen LogP contribution in [-0.2, 0) is 4.79 Å². The van der Waals surface area contributed by atoms with E-state index >= 15 is 0 Å². The summed E-state index contributed by atoms with van der Waals surface area (Å²) < 4.78 is 12.9. The van der Waals surface area contributed by atoms with Crippen molar-refractivity contribution >= 4 is 11.7 Å². The summed E-state index contributed by atoms with van der Waals surface area (Å²) in [5, 5.41) is 20.5. The second kappa shape index (κ2) is 5.46. The average Bonchev–Trinajstić information content (AvgIpc) is 2.18. The molecule has 0 spiro atoms. The van der Waals surface area contributed by atoms with E-state index in [0.29, 0.717) is 5.69 Å². The Morgan fingerprint density at radius 1 is 1.56 bits per heavy atom. The van der Waals surface area contributed by atoms with Crippen LogP contribution in [0.25, 0.3) is 0 Å². The first-order valence-corrected chi connectivity index (χ1v) is 4.89. The maximum Gasteiger partial charge on any atom is 0.306 e. The molecule has 0 aliphatic rings. The maximum atomic E-state index is 12.9. The van der Waals surface area contributed by atoms with Gasteiger partial charge >= 0.3 is 5.97 Å². The van der Waals surface area contributed by atoms with E-state index in [9.17, 15) is 14.3 Å². The van der Waals surface area contributed by atoms with Crippen LogP contribution in [0, 0.1) is 12.7 Å². The number of halogens is 1. The van der Waals surface area contributed by atoms with Crippen LogP contribution in [0.4, 0.5) is 10.1 Å². The van der Waals surface area contributed by atoms with Crippen molar-refractivity contribution in [3.8, 4) is 0 Å². The van der Waals surface area contributed by atoms with Gasteiger partial charge in [-0.05, 0) is 24.6 Å². The fourth-order valence-corrected chi connectivity index (χ4v) is 1.29. The highest BCUT2D eigenvalue weighted by Crippen LogP contribution is 2.15. The zero-order valence-electron chi connectivity index (χ0n) is 8.90. The van der Waals surface area contributed by atoms with Gasteiger partial charge in [0.2, 0.25) is 0 Å². The lowest BCUT2D eigenvalue weighted by atomic mass is 10.2. The topological polar surface area (TPSA) is 69.6 Å². The lowest BCUT2D eigenvalue weighted by Gasteiger charge is -2.12. The summed E-state index contributed by atoms with van der Waals surface area (Å²) in [5.74, 6) is -1.44. The molecular weight excluding hydrogens is 213 g/mol. The molecule has 0 aliphatic heterocycles. The Bertz CT molecular complexity index is 381. The molecule has 0 saturated carbocycles. The average molecular weight is 227 g/mol. The smallest absolute Gasteiger partial charge is 0.306 e. The number of benzene rings is 1. The maximum absolute atomic E-state index is 12.9. The number of carboxylic acids is 1. The molecule has 4 nitrogen and oxygen atoms in total. The molecule has 5 heteroatoms. The van der Waals surface area contributed by atoms with Gasteiger partial charge in [-0.15, -0.1) is 0 Å². The molecule has 3 N–H and O–H groups in total. The van der Waals surface area contributed by atoms with E-state index in [1.807, 2.05) is 0 Å². The first-order chi connectivity index (χ1) is 7.49. The van der Waals surface area contributed by atoms with Crippen LogP contribution in [0.3, 0.4) is 0 Å². The number of rotatable bonds is 5. The van der Waals surface area contributed by atoms with Gasteiger partial charge in [0, 0.05) is 12.2 Å². The Hall–Kier alpha value is -1.62. The van der Waals surface area contributed by atoms with E-state index in [2.05, 4.69) is 5.32 Å². The van der Waals surface area contributed by atoms with Gasteiger partial charge in [-0.3, -0.25) is 4.79 Å². The fraction of sp³-hybridized carbons (Fsp3) is 0.364. The minimum Gasteiger partial charge on any atom is -0.481 e. The molecule has 0 radical (unpaired) electrons. The molecular formula is C11H14FNO3. The van der Waals surface area contributed by atoms with Gasteiger partial charge in [0.15, 0.2) is 0 Å². The fourth-order valence-electron chi connectivity index (χ4n) is 1.29. The third kappa shape index (κ3) is 3.86. The van der Waals surface area contributed by atoms with Gasteiger partial charge in [0.1, 0.15) is 5.82 Å². The number of aliphatic hydroxyl groups excluding tert-OH is 1. The van der Waals surface area contributed by atoms with Gasteiger partial charge in [-0.25, -0.2) is 4.39 Å². The second-order valence-corrected chi connectivity index (χ2v) is 3.59. The van der Waals surface area contributed by atoms with Gasteiger partial charge in [0.05, 0.1) is 12.5 Å². The highest BCUT2D eigenvalue weighted by Gasteiger charge is 2.09. The van der Waals surface area contributed by atoms with Crippen LogP contribution in [0.15, 0.2) is 18.2 Å². The number of anilines is 1. The highest BCUT2D eigenvalue weighted by atomic mass is 19.1. The van der Waals surface area contributed by atoms with Crippen molar-refractivity contribution in [3.63, 3.8) is 0 Å². The van der Waals surface area contributed by atoms with E-state index in [4.69, 9.17) is 5.11 Å².